The van der Waals surface area contributed by atoms with Gasteiger partial charge in [0.25, 0.3) is 5.91 Å². The molecule has 1 saturated carbocycles. The van der Waals surface area contributed by atoms with Crippen molar-refractivity contribution in [3.8, 4) is 0 Å². The van der Waals surface area contributed by atoms with Gasteiger partial charge in [0.15, 0.2) is 0 Å². The van der Waals surface area contributed by atoms with Gasteiger partial charge in [-0.15, -0.1) is 0 Å². The fourth-order valence-corrected chi connectivity index (χ4v) is 2.16. The second-order valence-corrected chi connectivity index (χ2v) is 5.38. The molecule has 1 aliphatic rings. The molecule has 0 spiro atoms. The van der Waals surface area contributed by atoms with E-state index in [0.29, 0.717) is 18.0 Å². The summed E-state index contributed by atoms with van der Waals surface area (Å²) in [7, 11) is 0. The van der Waals surface area contributed by atoms with Crippen molar-refractivity contribution in [2.24, 2.45) is 5.92 Å². The predicted molar refractivity (Wildman–Crippen MR) is 69.9 cm³/mol. The summed E-state index contributed by atoms with van der Waals surface area (Å²) in [5.41, 5.74) is 1.58. The van der Waals surface area contributed by atoms with Crippen LogP contribution in [-0.4, -0.2) is 23.7 Å². The number of halogens is 1. The summed E-state index contributed by atoms with van der Waals surface area (Å²) < 4.78 is 0.924. The van der Waals surface area contributed by atoms with Crippen LogP contribution in [0.5, 0.6) is 0 Å². The first kappa shape index (κ1) is 12.6. The highest BCUT2D eigenvalue weighted by atomic mass is 79.9. The van der Waals surface area contributed by atoms with E-state index in [-0.39, 0.29) is 5.91 Å². The van der Waals surface area contributed by atoms with Crippen LogP contribution in [0.3, 0.4) is 0 Å². The van der Waals surface area contributed by atoms with E-state index in [2.05, 4.69) is 21.2 Å². The predicted octanol–water partition coefficient (Wildman–Crippen LogP) is 2.26. The van der Waals surface area contributed by atoms with Crippen molar-refractivity contribution in [2.75, 3.05) is 6.54 Å². The Bertz CT molecular complexity index is 429. The van der Waals surface area contributed by atoms with Crippen molar-refractivity contribution in [2.45, 2.75) is 25.9 Å². The number of aliphatic hydroxyl groups excluding tert-OH is 1. The van der Waals surface area contributed by atoms with Gasteiger partial charge in [-0.3, -0.25) is 4.79 Å². The van der Waals surface area contributed by atoms with Gasteiger partial charge < -0.3 is 10.4 Å². The van der Waals surface area contributed by atoms with Crippen molar-refractivity contribution in [3.05, 3.63) is 33.8 Å². The standard InChI is InChI=1S/C13H16BrNO2/c1-8-10(3-2-4-11(8)14)13(17)15-7-12(16)9-5-6-9/h2-4,9,12,16H,5-7H2,1H3,(H,15,17). The van der Waals surface area contributed by atoms with Crippen molar-refractivity contribution < 1.29 is 9.90 Å². The second-order valence-electron chi connectivity index (χ2n) is 4.53. The van der Waals surface area contributed by atoms with Crippen LogP contribution in [0.15, 0.2) is 22.7 Å². The summed E-state index contributed by atoms with van der Waals surface area (Å²) in [5, 5.41) is 12.5. The average Bonchev–Trinajstić information content (AvgIpc) is 3.13. The molecule has 1 aromatic carbocycles. The van der Waals surface area contributed by atoms with Crippen LogP contribution in [0.25, 0.3) is 0 Å². The van der Waals surface area contributed by atoms with E-state index < -0.39 is 6.10 Å². The first-order valence-electron chi connectivity index (χ1n) is 5.81. The second kappa shape index (κ2) is 5.19. The lowest BCUT2D eigenvalue weighted by Crippen LogP contribution is -2.33. The molecule has 1 aliphatic carbocycles. The molecule has 1 amide bonds. The average molecular weight is 298 g/mol. The Labute approximate surface area is 109 Å². The number of benzene rings is 1. The van der Waals surface area contributed by atoms with E-state index in [1.807, 2.05) is 19.1 Å². The minimum atomic E-state index is -0.397. The fourth-order valence-electron chi connectivity index (χ4n) is 1.79. The monoisotopic (exact) mass is 297 g/mol. The zero-order valence-corrected chi connectivity index (χ0v) is 11.3. The van der Waals surface area contributed by atoms with Gasteiger partial charge in [0.2, 0.25) is 0 Å². The molecule has 1 unspecified atom stereocenters. The maximum atomic E-state index is 11.9. The highest BCUT2D eigenvalue weighted by molar-refractivity contribution is 9.10. The van der Waals surface area contributed by atoms with Crippen LogP contribution in [0.4, 0.5) is 0 Å². The van der Waals surface area contributed by atoms with Crippen molar-refractivity contribution in [1.82, 2.24) is 5.32 Å². The smallest absolute Gasteiger partial charge is 0.251 e. The first-order valence-corrected chi connectivity index (χ1v) is 6.60. The molecule has 4 heteroatoms. The molecule has 0 radical (unpaired) electrons. The van der Waals surface area contributed by atoms with E-state index in [1.54, 1.807) is 6.07 Å². The Morgan fingerprint density at radius 3 is 2.94 bits per heavy atom. The molecule has 2 N–H and O–H groups in total. The number of hydrogen-bond donors (Lipinski definition) is 2. The van der Waals surface area contributed by atoms with Gasteiger partial charge in [-0.25, -0.2) is 0 Å². The molecular weight excluding hydrogens is 282 g/mol. The van der Waals surface area contributed by atoms with Crippen molar-refractivity contribution in [3.63, 3.8) is 0 Å². The van der Waals surface area contributed by atoms with Crippen LogP contribution >= 0.6 is 15.9 Å². The summed E-state index contributed by atoms with van der Waals surface area (Å²) in [4.78, 5) is 11.9. The van der Waals surface area contributed by atoms with E-state index in [1.165, 1.54) is 0 Å². The van der Waals surface area contributed by atoms with Gasteiger partial charge in [0.1, 0.15) is 0 Å². The largest absolute Gasteiger partial charge is 0.391 e. The Morgan fingerprint density at radius 2 is 2.29 bits per heavy atom. The minimum absolute atomic E-state index is 0.122. The van der Waals surface area contributed by atoms with Gasteiger partial charge in [0, 0.05) is 16.6 Å². The molecule has 92 valence electrons. The Morgan fingerprint density at radius 1 is 1.59 bits per heavy atom. The fraction of sp³-hybridized carbons (Fsp3) is 0.462. The lowest BCUT2D eigenvalue weighted by atomic mass is 10.1. The molecule has 2 rings (SSSR count). The molecular formula is C13H16BrNO2. The van der Waals surface area contributed by atoms with Gasteiger partial charge >= 0.3 is 0 Å². The molecule has 17 heavy (non-hydrogen) atoms. The number of hydrogen-bond acceptors (Lipinski definition) is 2. The quantitative estimate of drug-likeness (QED) is 0.896. The highest BCUT2D eigenvalue weighted by Crippen LogP contribution is 2.32. The summed E-state index contributed by atoms with van der Waals surface area (Å²) in [6, 6.07) is 5.54. The number of aliphatic hydroxyl groups is 1. The molecule has 1 fully saturated rings. The third kappa shape index (κ3) is 3.07. The molecule has 0 aromatic heterocycles. The van der Waals surface area contributed by atoms with E-state index in [4.69, 9.17) is 0 Å². The summed E-state index contributed by atoms with van der Waals surface area (Å²) in [5.74, 6) is 0.266. The molecule has 0 heterocycles. The maximum Gasteiger partial charge on any atom is 0.251 e. The third-order valence-corrected chi connectivity index (χ3v) is 4.01. The van der Waals surface area contributed by atoms with Crippen LogP contribution < -0.4 is 5.32 Å². The topological polar surface area (TPSA) is 49.3 Å². The SMILES string of the molecule is Cc1c(Br)cccc1C(=O)NCC(O)C1CC1. The van der Waals surface area contributed by atoms with E-state index in [9.17, 15) is 9.90 Å². The van der Waals surface area contributed by atoms with Crippen molar-refractivity contribution in [1.29, 1.82) is 0 Å². The van der Waals surface area contributed by atoms with Crippen molar-refractivity contribution >= 4 is 21.8 Å². The zero-order chi connectivity index (χ0) is 12.4. The van der Waals surface area contributed by atoms with Crippen LogP contribution in [0.1, 0.15) is 28.8 Å². The molecule has 0 bridgehead atoms. The number of carbonyl (C=O) groups is 1. The normalized spacial score (nSPS) is 16.6. The van der Waals surface area contributed by atoms with Gasteiger partial charge in [-0.1, -0.05) is 22.0 Å². The number of carbonyl (C=O) groups excluding carboxylic acids is 1. The molecule has 1 aromatic rings. The Kier molecular flexibility index (Phi) is 3.84. The lowest BCUT2D eigenvalue weighted by Gasteiger charge is -2.12. The van der Waals surface area contributed by atoms with Gasteiger partial charge in [-0.05, 0) is 43.4 Å². The third-order valence-electron chi connectivity index (χ3n) is 3.15. The lowest BCUT2D eigenvalue weighted by molar-refractivity contribution is 0.0900. The minimum Gasteiger partial charge on any atom is -0.391 e. The maximum absolute atomic E-state index is 11.9. The zero-order valence-electron chi connectivity index (χ0n) is 9.74. The Balaban J connectivity index is 1.96. The van der Waals surface area contributed by atoms with Gasteiger partial charge in [0.05, 0.1) is 6.10 Å². The molecule has 0 saturated heterocycles. The Hall–Kier alpha value is -0.870. The summed E-state index contributed by atoms with van der Waals surface area (Å²) >= 11 is 3.40. The number of rotatable bonds is 4. The summed E-state index contributed by atoms with van der Waals surface area (Å²) in [6.07, 6.45) is 1.76. The number of nitrogens with one attached hydrogen (secondary N) is 1. The van der Waals surface area contributed by atoms with E-state index >= 15 is 0 Å². The first-order chi connectivity index (χ1) is 8.09. The number of amides is 1. The molecule has 0 aliphatic heterocycles. The van der Waals surface area contributed by atoms with Crippen LogP contribution in [0, 0.1) is 12.8 Å². The highest BCUT2D eigenvalue weighted by Gasteiger charge is 2.29. The van der Waals surface area contributed by atoms with Gasteiger partial charge in [-0.2, -0.15) is 0 Å². The van der Waals surface area contributed by atoms with Crippen LogP contribution in [0.2, 0.25) is 0 Å². The molecule has 1 atom stereocenters. The van der Waals surface area contributed by atoms with Crippen LogP contribution in [-0.2, 0) is 0 Å². The summed E-state index contributed by atoms with van der Waals surface area (Å²) in [6.45, 7) is 2.24. The molecule has 3 nitrogen and oxygen atoms in total. The van der Waals surface area contributed by atoms with E-state index in [0.717, 1.165) is 22.9 Å².